The van der Waals surface area contributed by atoms with Crippen LogP contribution in [0.5, 0.6) is 0 Å². The van der Waals surface area contributed by atoms with E-state index < -0.39 is 0 Å². The van der Waals surface area contributed by atoms with E-state index in [2.05, 4.69) is 142 Å². The van der Waals surface area contributed by atoms with Crippen LogP contribution in [0.3, 0.4) is 0 Å². The van der Waals surface area contributed by atoms with Crippen LogP contribution in [0.25, 0.3) is 148 Å². The molecule has 0 saturated heterocycles. The molecule has 0 amide bonds. The highest BCUT2D eigenvalue weighted by Crippen LogP contribution is 2.44. The average Bonchev–Trinajstić information content (AvgIpc) is 3.78. The molecule has 6 aromatic carbocycles. The lowest BCUT2D eigenvalue weighted by atomic mass is 9.95. The minimum absolute atomic E-state index is 0.860. The van der Waals surface area contributed by atoms with Crippen LogP contribution in [0.15, 0.2) is 213 Å². The fourth-order valence-electron chi connectivity index (χ4n) is 10.9. The first kappa shape index (κ1) is 39.2. The zero-order valence-electron chi connectivity index (χ0n) is 37.7. The lowest BCUT2D eigenvalue weighted by Gasteiger charge is -2.15. The number of hydrogen-bond donors (Lipinski definition) is 0. The van der Waals surface area contributed by atoms with Crippen molar-refractivity contribution >= 4 is 98.0 Å². The molecule has 0 atom stereocenters. The van der Waals surface area contributed by atoms with Crippen LogP contribution in [0.4, 0.5) is 0 Å². The lowest BCUT2D eigenvalue weighted by molar-refractivity contribution is 1.20. The summed E-state index contributed by atoms with van der Waals surface area (Å²) in [6.45, 7) is 0. The molecule has 9 heterocycles. The second-order valence-electron chi connectivity index (χ2n) is 18.0. The van der Waals surface area contributed by atoms with Gasteiger partial charge in [-0.3, -0.25) is 39.9 Å². The fraction of sp³-hybridized carbons (Fsp3) is 0. The molecule has 0 aliphatic carbocycles. The van der Waals surface area contributed by atoms with E-state index in [1.165, 1.54) is 0 Å². The molecule has 328 valence electrons. The molecule has 0 aliphatic heterocycles. The van der Waals surface area contributed by atoms with E-state index in [1.807, 2.05) is 86.0 Å². The average molecular weight is 906 g/mol. The minimum Gasteiger partial charge on any atom is -0.308 e. The number of pyridine rings is 8. The van der Waals surface area contributed by atoms with Gasteiger partial charge in [0.15, 0.2) is 0 Å². The number of aromatic nitrogens is 9. The van der Waals surface area contributed by atoms with Gasteiger partial charge < -0.3 is 4.57 Å². The van der Waals surface area contributed by atoms with E-state index in [0.717, 1.165) is 148 Å². The van der Waals surface area contributed by atoms with Gasteiger partial charge in [0.2, 0.25) is 0 Å². The van der Waals surface area contributed by atoms with Crippen molar-refractivity contribution in [2.24, 2.45) is 0 Å². The molecule has 0 bridgehead atoms. The summed E-state index contributed by atoms with van der Waals surface area (Å²) in [5.74, 6) is 0. The van der Waals surface area contributed by atoms with Crippen LogP contribution >= 0.6 is 0 Å². The Morgan fingerprint density at radius 2 is 0.761 bits per heavy atom. The molecule has 15 aromatic rings. The van der Waals surface area contributed by atoms with Gasteiger partial charge in [-0.2, -0.15) is 0 Å². The number of hydrogen-bond acceptors (Lipinski definition) is 8. The molecular formula is C62H35N9. The molecule has 9 nitrogen and oxygen atoms in total. The summed E-state index contributed by atoms with van der Waals surface area (Å²) in [6.07, 6.45) is 15.0. The van der Waals surface area contributed by atoms with Gasteiger partial charge in [-0.05, 0) is 108 Å². The minimum atomic E-state index is 0.860. The maximum absolute atomic E-state index is 5.25. The lowest BCUT2D eigenvalue weighted by Crippen LogP contribution is -1.98. The van der Waals surface area contributed by atoms with Crippen molar-refractivity contribution in [2.75, 3.05) is 0 Å². The van der Waals surface area contributed by atoms with Gasteiger partial charge in [0.1, 0.15) is 0 Å². The molecule has 0 radical (unpaired) electrons. The normalized spacial score (nSPS) is 11.9. The predicted molar refractivity (Wildman–Crippen MR) is 287 cm³/mol. The van der Waals surface area contributed by atoms with Gasteiger partial charge in [-0.15, -0.1) is 0 Å². The maximum Gasteiger partial charge on any atom is 0.0985 e. The zero-order chi connectivity index (χ0) is 46.6. The molecule has 0 aliphatic rings. The molecule has 0 spiro atoms. The monoisotopic (exact) mass is 905 g/mol. The maximum atomic E-state index is 5.25. The van der Waals surface area contributed by atoms with Gasteiger partial charge in [-0.1, -0.05) is 72.8 Å². The van der Waals surface area contributed by atoms with Gasteiger partial charge in [-0.25, -0.2) is 0 Å². The van der Waals surface area contributed by atoms with Crippen LogP contribution in [-0.2, 0) is 0 Å². The van der Waals surface area contributed by atoms with Crippen LogP contribution in [0, 0.1) is 0 Å². The van der Waals surface area contributed by atoms with E-state index in [4.69, 9.17) is 29.9 Å². The summed E-state index contributed by atoms with van der Waals surface area (Å²) >= 11 is 0. The van der Waals surface area contributed by atoms with Crippen LogP contribution in [-0.4, -0.2) is 44.4 Å². The van der Waals surface area contributed by atoms with E-state index >= 15 is 0 Å². The smallest absolute Gasteiger partial charge is 0.0985 e. The molecule has 0 N–H and O–H groups in total. The number of rotatable bonds is 5. The van der Waals surface area contributed by atoms with Crippen LogP contribution < -0.4 is 0 Å². The third kappa shape index (κ3) is 6.00. The Labute approximate surface area is 404 Å². The highest BCUT2D eigenvalue weighted by molar-refractivity contribution is 6.23. The van der Waals surface area contributed by atoms with Gasteiger partial charge in [0, 0.05) is 120 Å². The summed E-state index contributed by atoms with van der Waals surface area (Å²) in [4.78, 5) is 39.0. The summed E-state index contributed by atoms with van der Waals surface area (Å²) in [6, 6.07) is 57.6. The van der Waals surface area contributed by atoms with E-state index in [9.17, 15) is 0 Å². The van der Waals surface area contributed by atoms with E-state index in [-0.39, 0.29) is 0 Å². The Balaban J connectivity index is 0.944. The topological polar surface area (TPSA) is 108 Å². The van der Waals surface area contributed by atoms with Crippen molar-refractivity contribution in [3.8, 4) is 50.5 Å². The third-order valence-electron chi connectivity index (χ3n) is 14.1. The SMILES string of the molecule is c1cnc2c(c1)cc(-c1ccc(-c3ccc4c(c3)c3cc(-c5ccc(-c6cc7cccnc7c7ncccc67)cn5)c5ccccc5c3n4-c3cc4cccnc4c4ncccc34)nc1)c1cccnc12. The Bertz CT molecular complexity index is 4700. The molecule has 9 aromatic heterocycles. The highest BCUT2D eigenvalue weighted by atomic mass is 15.0. The van der Waals surface area contributed by atoms with Crippen molar-refractivity contribution in [1.29, 1.82) is 0 Å². The molecule has 15 rings (SSSR count). The van der Waals surface area contributed by atoms with Crippen LogP contribution in [0.2, 0.25) is 0 Å². The summed E-state index contributed by atoms with van der Waals surface area (Å²) in [5.41, 5.74) is 16.4. The number of benzene rings is 6. The first-order valence-corrected chi connectivity index (χ1v) is 23.5. The second-order valence-corrected chi connectivity index (χ2v) is 18.0. The Kier molecular flexibility index (Phi) is 8.46. The molecule has 71 heavy (non-hydrogen) atoms. The quantitative estimate of drug-likeness (QED) is 0.157. The van der Waals surface area contributed by atoms with Gasteiger partial charge in [0.05, 0.1) is 61.2 Å². The molecular weight excluding hydrogens is 871 g/mol. The number of fused-ring (bicyclic) bond motifs is 14. The molecule has 0 unspecified atom stereocenters. The highest BCUT2D eigenvalue weighted by Gasteiger charge is 2.22. The first-order chi connectivity index (χ1) is 35.2. The second kappa shape index (κ2) is 15.3. The van der Waals surface area contributed by atoms with Crippen molar-refractivity contribution in [3.63, 3.8) is 0 Å². The largest absolute Gasteiger partial charge is 0.308 e. The van der Waals surface area contributed by atoms with Crippen LogP contribution in [0.1, 0.15) is 0 Å². The predicted octanol–water partition coefficient (Wildman–Crippen LogP) is 14.7. The molecule has 9 heteroatoms. The van der Waals surface area contributed by atoms with E-state index in [0.29, 0.717) is 0 Å². The first-order valence-electron chi connectivity index (χ1n) is 23.5. The molecule has 0 saturated carbocycles. The van der Waals surface area contributed by atoms with Gasteiger partial charge in [0.25, 0.3) is 0 Å². The standard InChI is InChI=1S/C62H35N9/c1-2-13-45-42(12-1)49(53-21-18-41(35-70-53)48-31-38-10-4-24-64-57(38)60-44(48)15-7-27-67-60)33-51-50-29-36(52-20-17-40(34-69-52)47-30-37-9-3-23-63-56(37)59-43(47)14-6-26-66-59)19-22-54(50)71(62(45)51)55-32-39-11-5-25-65-58(39)61-46(55)16-8-28-68-61/h1-35H. The van der Waals surface area contributed by atoms with Crippen molar-refractivity contribution in [3.05, 3.63) is 213 Å². The fourth-order valence-corrected chi connectivity index (χ4v) is 10.9. The van der Waals surface area contributed by atoms with Crippen molar-refractivity contribution < 1.29 is 0 Å². The van der Waals surface area contributed by atoms with Crippen molar-refractivity contribution in [1.82, 2.24) is 44.4 Å². The third-order valence-corrected chi connectivity index (χ3v) is 14.1. The molecule has 0 fully saturated rings. The summed E-state index contributed by atoms with van der Waals surface area (Å²) in [7, 11) is 0. The Morgan fingerprint density at radius 3 is 1.34 bits per heavy atom. The van der Waals surface area contributed by atoms with Gasteiger partial charge >= 0.3 is 0 Å². The summed E-state index contributed by atoms with van der Waals surface area (Å²) < 4.78 is 2.42. The Hall–Kier alpha value is -9.86. The van der Waals surface area contributed by atoms with E-state index in [1.54, 1.807) is 0 Å². The number of nitrogens with zero attached hydrogens (tertiary/aromatic N) is 9. The van der Waals surface area contributed by atoms with Crippen molar-refractivity contribution in [2.45, 2.75) is 0 Å². The summed E-state index contributed by atoms with van der Waals surface area (Å²) in [5, 5.41) is 10.6. The zero-order valence-corrected chi connectivity index (χ0v) is 37.7. The Morgan fingerprint density at radius 1 is 0.282 bits per heavy atom.